The summed E-state index contributed by atoms with van der Waals surface area (Å²) in [5.74, 6) is 1.00. The number of methoxy groups -OCH3 is 1. The highest BCUT2D eigenvalue weighted by Gasteiger charge is 2.30. The van der Waals surface area contributed by atoms with Crippen molar-refractivity contribution in [1.82, 2.24) is 10.2 Å². The molecule has 5 heteroatoms. The summed E-state index contributed by atoms with van der Waals surface area (Å²) in [6.07, 6.45) is 2.00. The van der Waals surface area contributed by atoms with Crippen molar-refractivity contribution in [3.63, 3.8) is 0 Å². The molecule has 2 rings (SSSR count). The Morgan fingerprint density at radius 3 is 2.25 bits per heavy atom. The molecule has 2 amide bonds. The van der Waals surface area contributed by atoms with E-state index in [0.717, 1.165) is 24.2 Å². The van der Waals surface area contributed by atoms with Crippen LogP contribution >= 0.6 is 0 Å². The second kappa shape index (κ2) is 7.69. The number of carbonyl (C=O) groups is 2. The largest absolute Gasteiger partial charge is 0.497 e. The second-order valence-electron chi connectivity index (χ2n) is 7.41. The molecule has 1 aromatic rings. The summed E-state index contributed by atoms with van der Waals surface area (Å²) in [5, 5.41) is 3.09. The van der Waals surface area contributed by atoms with Crippen molar-refractivity contribution < 1.29 is 14.3 Å². The molecule has 1 saturated heterocycles. The summed E-state index contributed by atoms with van der Waals surface area (Å²) >= 11 is 0. The van der Waals surface area contributed by atoms with Gasteiger partial charge < -0.3 is 15.0 Å². The van der Waals surface area contributed by atoms with Gasteiger partial charge in [-0.2, -0.15) is 0 Å². The third-order valence-corrected chi connectivity index (χ3v) is 4.31. The molecule has 0 radical (unpaired) electrons. The Labute approximate surface area is 144 Å². The highest BCUT2D eigenvalue weighted by Crippen LogP contribution is 2.21. The summed E-state index contributed by atoms with van der Waals surface area (Å²) in [5.41, 5.74) is 0.624. The minimum atomic E-state index is -0.343. The fourth-order valence-corrected chi connectivity index (χ4v) is 2.91. The molecule has 0 aliphatic carbocycles. The van der Waals surface area contributed by atoms with Crippen molar-refractivity contribution in [1.29, 1.82) is 0 Å². The summed E-state index contributed by atoms with van der Waals surface area (Å²) < 4.78 is 5.12. The lowest BCUT2D eigenvalue weighted by atomic mass is 9.93. The van der Waals surface area contributed by atoms with Gasteiger partial charge in [0.05, 0.1) is 13.5 Å². The van der Waals surface area contributed by atoms with Gasteiger partial charge in [-0.1, -0.05) is 32.9 Å². The number of hydrogen-bond acceptors (Lipinski definition) is 3. The smallest absolute Gasteiger partial charge is 0.227 e. The van der Waals surface area contributed by atoms with Gasteiger partial charge in [0.2, 0.25) is 11.8 Å². The van der Waals surface area contributed by atoms with Gasteiger partial charge in [-0.05, 0) is 30.5 Å². The first-order valence-electron chi connectivity index (χ1n) is 8.51. The first kappa shape index (κ1) is 18.3. The molecular weight excluding hydrogens is 304 g/mol. The summed E-state index contributed by atoms with van der Waals surface area (Å²) in [7, 11) is 1.62. The van der Waals surface area contributed by atoms with Gasteiger partial charge in [0.1, 0.15) is 5.75 Å². The Bertz CT molecular complexity index is 567. The second-order valence-corrected chi connectivity index (χ2v) is 7.41. The van der Waals surface area contributed by atoms with Gasteiger partial charge in [-0.15, -0.1) is 0 Å². The molecule has 0 aromatic heterocycles. The number of piperidine rings is 1. The van der Waals surface area contributed by atoms with Gasteiger partial charge in [0.15, 0.2) is 0 Å². The third kappa shape index (κ3) is 4.98. The lowest BCUT2D eigenvalue weighted by Gasteiger charge is -2.36. The van der Waals surface area contributed by atoms with Crippen LogP contribution in [0.15, 0.2) is 24.3 Å². The molecule has 1 N–H and O–H groups in total. The Morgan fingerprint density at radius 1 is 1.17 bits per heavy atom. The number of amides is 2. The SMILES string of the molecule is COc1ccc(CC(=O)NC2CCN(C(=O)C(C)(C)C)CC2)cc1. The van der Waals surface area contributed by atoms with Crippen LogP contribution in [0.25, 0.3) is 0 Å². The molecule has 0 atom stereocenters. The van der Waals surface area contributed by atoms with E-state index in [0.29, 0.717) is 19.5 Å². The minimum absolute atomic E-state index is 0.0285. The number of rotatable bonds is 4. The molecule has 0 bridgehead atoms. The number of likely N-dealkylation sites (tertiary alicyclic amines) is 1. The number of hydrogen-bond donors (Lipinski definition) is 1. The zero-order chi connectivity index (χ0) is 17.7. The van der Waals surface area contributed by atoms with Crippen LogP contribution < -0.4 is 10.1 Å². The average Bonchev–Trinajstić information content (AvgIpc) is 2.54. The Kier molecular flexibility index (Phi) is 5.86. The van der Waals surface area contributed by atoms with Crippen molar-refractivity contribution in [2.45, 2.75) is 46.1 Å². The monoisotopic (exact) mass is 332 g/mol. The van der Waals surface area contributed by atoms with Crippen molar-refractivity contribution in [3.8, 4) is 5.75 Å². The van der Waals surface area contributed by atoms with Crippen LogP contribution in [0.5, 0.6) is 5.75 Å². The number of ether oxygens (including phenoxy) is 1. The number of nitrogens with zero attached hydrogens (tertiary/aromatic N) is 1. The highest BCUT2D eigenvalue weighted by molar-refractivity contribution is 5.82. The lowest BCUT2D eigenvalue weighted by Crippen LogP contribution is -2.49. The summed E-state index contributed by atoms with van der Waals surface area (Å²) in [6.45, 7) is 7.25. The summed E-state index contributed by atoms with van der Waals surface area (Å²) in [6, 6.07) is 7.68. The van der Waals surface area contributed by atoms with E-state index in [-0.39, 0.29) is 23.3 Å². The van der Waals surface area contributed by atoms with E-state index in [1.807, 2.05) is 49.9 Å². The zero-order valence-electron chi connectivity index (χ0n) is 15.1. The number of nitrogens with one attached hydrogen (secondary N) is 1. The fraction of sp³-hybridized carbons (Fsp3) is 0.579. The van der Waals surface area contributed by atoms with E-state index in [9.17, 15) is 9.59 Å². The van der Waals surface area contributed by atoms with E-state index < -0.39 is 0 Å². The van der Waals surface area contributed by atoms with Gasteiger partial charge in [-0.25, -0.2) is 0 Å². The van der Waals surface area contributed by atoms with Crippen molar-refractivity contribution in [2.75, 3.05) is 20.2 Å². The van der Waals surface area contributed by atoms with Gasteiger partial charge in [-0.3, -0.25) is 9.59 Å². The van der Waals surface area contributed by atoms with Crippen LogP contribution in [0, 0.1) is 5.41 Å². The van der Waals surface area contributed by atoms with Crippen molar-refractivity contribution in [3.05, 3.63) is 29.8 Å². The maximum absolute atomic E-state index is 12.3. The Balaban J connectivity index is 1.78. The average molecular weight is 332 g/mol. The highest BCUT2D eigenvalue weighted by atomic mass is 16.5. The first-order chi connectivity index (χ1) is 11.3. The van der Waals surface area contributed by atoms with E-state index in [2.05, 4.69) is 5.32 Å². The van der Waals surface area contributed by atoms with E-state index >= 15 is 0 Å². The van der Waals surface area contributed by atoms with E-state index in [1.54, 1.807) is 7.11 Å². The first-order valence-corrected chi connectivity index (χ1v) is 8.51. The molecule has 132 valence electrons. The molecule has 1 fully saturated rings. The van der Waals surface area contributed by atoms with Crippen LogP contribution in [0.4, 0.5) is 0 Å². The van der Waals surface area contributed by atoms with Gasteiger partial charge in [0, 0.05) is 24.5 Å². The topological polar surface area (TPSA) is 58.6 Å². The van der Waals surface area contributed by atoms with Crippen LogP contribution in [0.3, 0.4) is 0 Å². The molecule has 1 aliphatic heterocycles. The predicted molar refractivity (Wildman–Crippen MR) is 93.9 cm³/mol. The number of benzene rings is 1. The quantitative estimate of drug-likeness (QED) is 0.921. The molecule has 1 aromatic carbocycles. The maximum Gasteiger partial charge on any atom is 0.227 e. The predicted octanol–water partition coefficient (Wildman–Crippen LogP) is 2.39. The molecule has 0 spiro atoms. The van der Waals surface area contributed by atoms with E-state index in [1.165, 1.54) is 0 Å². The molecule has 1 aliphatic rings. The molecule has 1 heterocycles. The maximum atomic E-state index is 12.3. The third-order valence-electron chi connectivity index (χ3n) is 4.31. The molecule has 5 nitrogen and oxygen atoms in total. The van der Waals surface area contributed by atoms with Gasteiger partial charge >= 0.3 is 0 Å². The number of carbonyl (C=O) groups excluding carboxylic acids is 2. The Hall–Kier alpha value is -2.04. The molecular formula is C19H28N2O3. The van der Waals surface area contributed by atoms with Crippen molar-refractivity contribution in [2.24, 2.45) is 5.41 Å². The van der Waals surface area contributed by atoms with Crippen LogP contribution in [0.1, 0.15) is 39.2 Å². The molecule has 0 unspecified atom stereocenters. The molecule has 0 saturated carbocycles. The standard InChI is InChI=1S/C19H28N2O3/c1-19(2,3)18(23)21-11-9-15(10-12-21)20-17(22)13-14-5-7-16(24-4)8-6-14/h5-8,15H,9-13H2,1-4H3,(H,20,22). The van der Waals surface area contributed by atoms with Gasteiger partial charge in [0.25, 0.3) is 0 Å². The summed E-state index contributed by atoms with van der Waals surface area (Å²) in [4.78, 5) is 26.4. The lowest BCUT2D eigenvalue weighted by molar-refractivity contribution is -0.140. The van der Waals surface area contributed by atoms with Crippen LogP contribution in [0.2, 0.25) is 0 Å². The Morgan fingerprint density at radius 2 is 1.75 bits per heavy atom. The van der Waals surface area contributed by atoms with Crippen molar-refractivity contribution >= 4 is 11.8 Å². The van der Waals surface area contributed by atoms with E-state index in [4.69, 9.17) is 4.74 Å². The molecule has 24 heavy (non-hydrogen) atoms. The fourth-order valence-electron chi connectivity index (χ4n) is 2.91. The van der Waals surface area contributed by atoms with Crippen LogP contribution in [-0.2, 0) is 16.0 Å². The zero-order valence-corrected chi connectivity index (χ0v) is 15.1. The normalized spacial score (nSPS) is 15.9. The minimum Gasteiger partial charge on any atom is -0.497 e. The van der Waals surface area contributed by atoms with Crippen LogP contribution in [-0.4, -0.2) is 43.0 Å².